The summed E-state index contributed by atoms with van der Waals surface area (Å²) in [4.78, 5) is 3.81. The first-order chi connectivity index (χ1) is 21.7. The number of phenolic OH excluding ortho intramolecular Hbond substituents is 1. The molecule has 4 N–H and O–H groups in total. The molecule has 0 fully saturated rings. The summed E-state index contributed by atoms with van der Waals surface area (Å²) in [5.41, 5.74) is 3.40. The lowest BCUT2D eigenvalue weighted by molar-refractivity contribution is -0.137. The van der Waals surface area contributed by atoms with E-state index >= 15 is 0 Å². The third kappa shape index (κ3) is 10.1. The first-order valence-corrected chi connectivity index (χ1v) is 16.2. The Morgan fingerprint density at radius 1 is 1.02 bits per heavy atom. The fourth-order valence-electron chi connectivity index (χ4n) is 4.42. The number of alkyl halides is 6. The van der Waals surface area contributed by atoms with Crippen molar-refractivity contribution in [2.24, 2.45) is 10.7 Å². The number of aliphatic imine (C=N–C) groups is 1. The molecule has 6 nitrogen and oxygen atoms in total. The lowest BCUT2D eigenvalue weighted by Crippen LogP contribution is -2.21. The first kappa shape index (κ1) is 37.2. The molecule has 1 unspecified atom stereocenters. The van der Waals surface area contributed by atoms with Crippen molar-refractivity contribution in [3.63, 3.8) is 0 Å². The van der Waals surface area contributed by atoms with E-state index in [0.717, 1.165) is 42.1 Å². The lowest BCUT2D eigenvalue weighted by atomic mass is 9.96. The van der Waals surface area contributed by atoms with E-state index < -0.39 is 42.5 Å². The number of ether oxygens (including phenoxy) is 1. The molecule has 0 aromatic heterocycles. The van der Waals surface area contributed by atoms with Crippen LogP contribution < -0.4 is 15.8 Å². The maximum Gasteiger partial charge on any atom is 0.430 e. The van der Waals surface area contributed by atoms with E-state index in [9.17, 15) is 31.4 Å². The molecule has 3 aromatic carbocycles. The smallest absolute Gasteiger partial charge is 0.430 e. The molecule has 1 atom stereocenters. The Balaban J connectivity index is 1.91. The number of nitrogens with one attached hydrogen (secondary N) is 1. The highest BCUT2D eigenvalue weighted by Gasteiger charge is 2.34. The molecule has 3 rings (SSSR count). The second kappa shape index (κ2) is 16.5. The monoisotopic (exact) mass is 689 g/mol. The Morgan fingerprint density at radius 3 is 2.28 bits per heavy atom. The van der Waals surface area contributed by atoms with Crippen LogP contribution in [0, 0.1) is 0 Å². The van der Waals surface area contributed by atoms with Crippen molar-refractivity contribution in [3.05, 3.63) is 93.6 Å². The molecule has 0 heterocycles. The molecule has 46 heavy (non-hydrogen) atoms. The van der Waals surface area contributed by atoms with Gasteiger partial charge in [-0.15, -0.1) is 0 Å². The van der Waals surface area contributed by atoms with Crippen LogP contribution >= 0.6 is 19.7 Å². The standard InChI is InChI=1S/C32H35ClF6N3O3P/c1-4-45-46(5-2)15-14-42-18-20-6-8-21(9-7-20)19-44-27-13-11-23(26(41-3)17-28(40)32(37,38)39)30(43)29(27)22-10-12-25(33)24(16-22)31(34,35)36/h6-13,16-17,42-43H,4-5,14-15,18-19,40H2,1-3H3/b28-17-,41-26?. The zero-order valence-corrected chi connectivity index (χ0v) is 27.0. The van der Waals surface area contributed by atoms with Crippen molar-refractivity contribution in [2.75, 3.05) is 32.5 Å². The molecular formula is C32H35ClF6N3O3P. The fraction of sp³-hybridized carbons (Fsp3) is 0.344. The van der Waals surface area contributed by atoms with Gasteiger partial charge in [0.2, 0.25) is 0 Å². The Hall–Kier alpha value is -3.31. The highest BCUT2D eigenvalue weighted by atomic mass is 35.5. The molecule has 0 radical (unpaired) electrons. The van der Waals surface area contributed by atoms with E-state index in [4.69, 9.17) is 26.6 Å². The Labute approximate surface area is 270 Å². The number of hydrogen-bond acceptors (Lipinski definition) is 6. The number of nitrogens with two attached hydrogens (primary N) is 1. The second-order valence-electron chi connectivity index (χ2n) is 9.95. The van der Waals surface area contributed by atoms with Crippen molar-refractivity contribution in [3.8, 4) is 22.6 Å². The van der Waals surface area contributed by atoms with Gasteiger partial charge in [-0.2, -0.15) is 26.3 Å². The number of allylic oxidation sites excluding steroid dienone is 2. The first-order valence-electron chi connectivity index (χ1n) is 14.2. The Morgan fingerprint density at radius 2 is 1.70 bits per heavy atom. The largest absolute Gasteiger partial charge is 0.506 e. The maximum absolute atomic E-state index is 13.7. The highest BCUT2D eigenvalue weighted by molar-refractivity contribution is 7.52. The summed E-state index contributed by atoms with van der Waals surface area (Å²) in [7, 11) is 0.748. The molecule has 0 saturated carbocycles. The molecule has 250 valence electrons. The van der Waals surface area contributed by atoms with Gasteiger partial charge in [0.25, 0.3) is 0 Å². The number of rotatable bonds is 14. The number of phenols is 1. The average Bonchev–Trinajstić information content (AvgIpc) is 3.00. The van der Waals surface area contributed by atoms with Crippen LogP contribution in [0.4, 0.5) is 26.3 Å². The molecule has 0 aliphatic carbocycles. The maximum atomic E-state index is 13.7. The second-order valence-corrected chi connectivity index (χ2v) is 12.7. The highest BCUT2D eigenvalue weighted by Crippen LogP contribution is 2.44. The van der Waals surface area contributed by atoms with Crippen LogP contribution in [0.3, 0.4) is 0 Å². The Kier molecular flexibility index (Phi) is 13.3. The molecule has 0 spiro atoms. The number of halogens is 7. The van der Waals surface area contributed by atoms with Crippen LogP contribution in [-0.4, -0.2) is 49.5 Å². The summed E-state index contributed by atoms with van der Waals surface area (Å²) in [5.74, 6) is -0.676. The van der Waals surface area contributed by atoms with Gasteiger partial charge >= 0.3 is 12.4 Å². The van der Waals surface area contributed by atoms with E-state index in [0.29, 0.717) is 19.2 Å². The van der Waals surface area contributed by atoms with Gasteiger partial charge in [0.05, 0.1) is 21.9 Å². The normalized spacial score (nSPS) is 13.6. The van der Waals surface area contributed by atoms with Gasteiger partial charge in [-0.1, -0.05) is 48.9 Å². The van der Waals surface area contributed by atoms with E-state index in [-0.39, 0.29) is 34.8 Å². The molecule has 0 saturated heterocycles. The van der Waals surface area contributed by atoms with Crippen LogP contribution in [0.25, 0.3) is 11.1 Å². The Bertz CT molecular complexity index is 1530. The van der Waals surface area contributed by atoms with Gasteiger partial charge in [0, 0.05) is 46.6 Å². The molecule has 0 aliphatic rings. The third-order valence-electron chi connectivity index (χ3n) is 6.79. The van der Waals surface area contributed by atoms with Crippen molar-refractivity contribution < 1.29 is 40.7 Å². The van der Waals surface area contributed by atoms with Crippen molar-refractivity contribution >= 4 is 25.5 Å². The van der Waals surface area contributed by atoms with Crippen LogP contribution in [0.1, 0.15) is 36.1 Å². The van der Waals surface area contributed by atoms with E-state index in [1.807, 2.05) is 31.2 Å². The van der Waals surface area contributed by atoms with Gasteiger partial charge < -0.3 is 25.4 Å². The number of hydrogen-bond donors (Lipinski definition) is 3. The van der Waals surface area contributed by atoms with Gasteiger partial charge in [-0.3, -0.25) is 4.99 Å². The molecule has 0 aliphatic heterocycles. The summed E-state index contributed by atoms with van der Waals surface area (Å²) in [5, 5.41) is 14.1. The zero-order chi connectivity index (χ0) is 34.1. The predicted octanol–water partition coefficient (Wildman–Crippen LogP) is 8.68. The number of aromatic hydroxyl groups is 1. The van der Waals surface area contributed by atoms with E-state index in [1.54, 1.807) is 0 Å². The minimum absolute atomic E-state index is 0.0209. The van der Waals surface area contributed by atoms with E-state index in [1.165, 1.54) is 25.2 Å². The molecule has 3 aromatic rings. The number of benzene rings is 3. The molecular weight excluding hydrogens is 655 g/mol. The predicted molar refractivity (Wildman–Crippen MR) is 171 cm³/mol. The van der Waals surface area contributed by atoms with Crippen molar-refractivity contribution in [1.82, 2.24) is 5.32 Å². The lowest BCUT2D eigenvalue weighted by Gasteiger charge is -2.18. The fourth-order valence-corrected chi connectivity index (χ4v) is 6.04. The van der Waals surface area contributed by atoms with Gasteiger partial charge in [-0.05, 0) is 60.1 Å². The summed E-state index contributed by atoms with van der Waals surface area (Å²) < 4.78 is 92.2. The van der Waals surface area contributed by atoms with E-state index in [2.05, 4.69) is 17.2 Å². The zero-order valence-electron chi connectivity index (χ0n) is 25.4. The van der Waals surface area contributed by atoms with Crippen LogP contribution in [0.5, 0.6) is 11.5 Å². The quantitative estimate of drug-likeness (QED) is 0.0682. The summed E-state index contributed by atoms with van der Waals surface area (Å²) in [6.45, 7) is 6.23. The number of nitrogens with zero attached hydrogens (tertiary/aromatic N) is 1. The van der Waals surface area contributed by atoms with Crippen LogP contribution in [0.2, 0.25) is 5.02 Å². The average molecular weight is 690 g/mol. The van der Waals surface area contributed by atoms with Crippen molar-refractivity contribution in [2.45, 2.75) is 39.4 Å². The SMILES string of the molecule is CCOP(CC)CCNCc1ccc(COc2ccc(C(/C=C(\N)C(F)(F)F)=NC)c(O)c2-c2ccc(Cl)c(C(F)(F)F)c2)cc1. The van der Waals surface area contributed by atoms with Crippen molar-refractivity contribution in [1.29, 1.82) is 0 Å². The van der Waals surface area contributed by atoms with Crippen LogP contribution in [-0.2, 0) is 23.9 Å². The third-order valence-corrected chi connectivity index (χ3v) is 9.17. The van der Waals surface area contributed by atoms with Gasteiger partial charge in [0.15, 0.2) is 0 Å². The molecule has 0 bridgehead atoms. The topological polar surface area (TPSA) is 89.1 Å². The summed E-state index contributed by atoms with van der Waals surface area (Å²) in [6, 6.07) is 13.1. The summed E-state index contributed by atoms with van der Waals surface area (Å²) in [6.07, 6.45) is -7.21. The van der Waals surface area contributed by atoms with Crippen LogP contribution in [0.15, 0.2) is 71.4 Å². The minimum atomic E-state index is -4.87. The minimum Gasteiger partial charge on any atom is -0.506 e. The summed E-state index contributed by atoms with van der Waals surface area (Å²) >= 11 is 5.81. The van der Waals surface area contributed by atoms with Gasteiger partial charge in [0.1, 0.15) is 23.8 Å². The van der Waals surface area contributed by atoms with Gasteiger partial charge in [-0.25, -0.2) is 0 Å². The molecule has 0 amide bonds. The molecule has 14 heteroatoms.